The van der Waals surface area contributed by atoms with Crippen molar-refractivity contribution in [1.29, 1.82) is 0 Å². The van der Waals surface area contributed by atoms with Gasteiger partial charge in [-0.1, -0.05) is 13.3 Å². The second kappa shape index (κ2) is 7.60. The smallest absolute Gasteiger partial charge is 0.240 e. The normalized spacial score (nSPS) is 10.4. The van der Waals surface area contributed by atoms with Crippen LogP contribution in [0.25, 0.3) is 0 Å². The molecule has 0 radical (unpaired) electrons. The molecule has 3 nitrogen and oxygen atoms in total. The molecule has 0 aromatic carbocycles. The van der Waals surface area contributed by atoms with Gasteiger partial charge in [-0.2, -0.15) is 17.7 Å². The van der Waals surface area contributed by atoms with Gasteiger partial charge < -0.3 is 0 Å². The number of unbranched alkanes of at least 4 members (excludes halogenated alkanes) is 1. The Labute approximate surface area is 72.7 Å². The molecule has 0 aromatic heterocycles. The fourth-order valence-corrected chi connectivity index (χ4v) is 0.672. The lowest BCUT2D eigenvalue weighted by Crippen LogP contribution is -2.17. The highest BCUT2D eigenvalue weighted by Crippen LogP contribution is 1.83. The summed E-state index contributed by atoms with van der Waals surface area (Å²) in [7, 11) is 0. The van der Waals surface area contributed by atoms with Crippen LogP contribution in [0, 0.1) is 0 Å². The number of hydrogen-bond acceptors (Lipinski definition) is 3. The number of carbonyl (C=O) groups excluding carboxylic acids is 1. The van der Waals surface area contributed by atoms with E-state index in [9.17, 15) is 4.79 Å². The van der Waals surface area contributed by atoms with Crippen LogP contribution in [0.5, 0.6) is 0 Å². The van der Waals surface area contributed by atoms with Gasteiger partial charge in [0.2, 0.25) is 5.91 Å². The van der Waals surface area contributed by atoms with Crippen molar-refractivity contribution in [1.82, 2.24) is 5.43 Å². The maximum atomic E-state index is 10.7. The van der Waals surface area contributed by atoms with Gasteiger partial charge in [0.25, 0.3) is 0 Å². The topological polar surface area (TPSA) is 41.5 Å². The van der Waals surface area contributed by atoms with Crippen molar-refractivity contribution in [3.05, 3.63) is 0 Å². The average Bonchev–Trinajstić information content (AvgIpc) is 1.99. The molecule has 1 N–H and O–H groups in total. The predicted octanol–water partition coefficient (Wildman–Crippen LogP) is 1.21. The minimum Gasteiger partial charge on any atom is -0.273 e. The third-order valence-corrected chi connectivity index (χ3v) is 1.26. The summed E-state index contributed by atoms with van der Waals surface area (Å²) in [5.41, 5.74) is 2.40. The minimum absolute atomic E-state index is 0.0765. The van der Waals surface area contributed by atoms with E-state index in [0.29, 0.717) is 12.2 Å². The summed E-state index contributed by atoms with van der Waals surface area (Å²) in [5, 5.41) is 3.72. The molecule has 1 amide bonds. The van der Waals surface area contributed by atoms with Crippen LogP contribution in [0.4, 0.5) is 0 Å². The Morgan fingerprint density at radius 1 is 1.73 bits per heavy atom. The third-order valence-electron chi connectivity index (χ3n) is 1.04. The van der Waals surface area contributed by atoms with E-state index in [-0.39, 0.29) is 5.91 Å². The molecule has 0 aliphatic heterocycles. The van der Waals surface area contributed by atoms with E-state index in [2.05, 4.69) is 30.1 Å². The first-order chi connectivity index (χ1) is 5.31. The molecule has 0 spiro atoms. The minimum atomic E-state index is -0.0765. The molecule has 0 unspecified atom stereocenters. The highest BCUT2D eigenvalue weighted by molar-refractivity contribution is 7.80. The lowest BCUT2D eigenvalue weighted by Gasteiger charge is -1.94. The summed E-state index contributed by atoms with van der Waals surface area (Å²) >= 11 is 3.91. The number of hydrazone groups is 1. The van der Waals surface area contributed by atoms with E-state index in [4.69, 9.17) is 0 Å². The van der Waals surface area contributed by atoms with Crippen molar-refractivity contribution >= 4 is 24.8 Å². The van der Waals surface area contributed by atoms with Gasteiger partial charge in [0.1, 0.15) is 0 Å². The average molecular weight is 174 g/mol. The summed E-state index contributed by atoms with van der Waals surface area (Å²) in [5.74, 6) is 0.488. The highest BCUT2D eigenvalue weighted by Gasteiger charge is 1.93. The molecular weight excluding hydrogens is 160 g/mol. The Morgan fingerprint density at radius 3 is 3.00 bits per heavy atom. The van der Waals surface area contributed by atoms with Crippen molar-refractivity contribution in [3.8, 4) is 0 Å². The van der Waals surface area contributed by atoms with Crippen LogP contribution in [-0.2, 0) is 4.79 Å². The van der Waals surface area contributed by atoms with Gasteiger partial charge in [-0.3, -0.25) is 4.79 Å². The summed E-state index contributed by atoms with van der Waals surface area (Å²) in [6.07, 6.45) is 4.08. The predicted molar refractivity (Wildman–Crippen MR) is 50.0 cm³/mol. The van der Waals surface area contributed by atoms with Crippen molar-refractivity contribution in [2.24, 2.45) is 5.10 Å². The first-order valence-corrected chi connectivity index (χ1v) is 4.35. The SMILES string of the molecule is CCCC=NNC(=O)CCS. The first kappa shape index (κ1) is 10.5. The van der Waals surface area contributed by atoms with E-state index in [1.54, 1.807) is 6.21 Å². The van der Waals surface area contributed by atoms with Gasteiger partial charge in [-0.15, -0.1) is 0 Å². The standard InChI is InChI=1S/C7H14N2OS/c1-2-3-5-8-9-7(10)4-6-11/h5,11H,2-4,6H2,1H3,(H,9,10). The maximum absolute atomic E-state index is 10.7. The van der Waals surface area contributed by atoms with Gasteiger partial charge in [0, 0.05) is 12.6 Å². The molecule has 0 aliphatic carbocycles. The van der Waals surface area contributed by atoms with Crippen LogP contribution in [0.2, 0.25) is 0 Å². The molecule has 0 aliphatic rings. The van der Waals surface area contributed by atoms with E-state index >= 15 is 0 Å². The molecular formula is C7H14N2OS. The first-order valence-electron chi connectivity index (χ1n) is 3.72. The van der Waals surface area contributed by atoms with Crippen LogP contribution >= 0.6 is 12.6 Å². The molecule has 0 rings (SSSR count). The summed E-state index contributed by atoms with van der Waals surface area (Å²) in [4.78, 5) is 10.7. The van der Waals surface area contributed by atoms with Crippen LogP contribution in [0.3, 0.4) is 0 Å². The number of amides is 1. The van der Waals surface area contributed by atoms with Crippen LogP contribution < -0.4 is 5.43 Å². The highest BCUT2D eigenvalue weighted by atomic mass is 32.1. The zero-order chi connectivity index (χ0) is 8.53. The molecule has 0 aromatic rings. The van der Waals surface area contributed by atoms with Crippen molar-refractivity contribution in [2.45, 2.75) is 26.2 Å². The van der Waals surface area contributed by atoms with Crippen molar-refractivity contribution in [2.75, 3.05) is 5.75 Å². The molecule has 0 atom stereocenters. The lowest BCUT2D eigenvalue weighted by atomic mass is 10.4. The quantitative estimate of drug-likeness (QED) is 0.367. The second-order valence-corrected chi connectivity index (χ2v) is 2.56. The van der Waals surface area contributed by atoms with Crippen LogP contribution in [0.1, 0.15) is 26.2 Å². The number of nitrogens with one attached hydrogen (secondary N) is 1. The Kier molecular flexibility index (Phi) is 7.24. The van der Waals surface area contributed by atoms with Crippen LogP contribution in [-0.4, -0.2) is 17.9 Å². The molecule has 11 heavy (non-hydrogen) atoms. The third kappa shape index (κ3) is 7.39. The summed E-state index contributed by atoms with van der Waals surface area (Å²) < 4.78 is 0. The fourth-order valence-electron chi connectivity index (χ4n) is 0.469. The Morgan fingerprint density at radius 2 is 2.45 bits per heavy atom. The molecule has 4 heteroatoms. The second-order valence-electron chi connectivity index (χ2n) is 2.11. The lowest BCUT2D eigenvalue weighted by molar-refractivity contribution is -0.120. The largest absolute Gasteiger partial charge is 0.273 e. The Balaban J connectivity index is 3.29. The van der Waals surface area contributed by atoms with Gasteiger partial charge in [0.05, 0.1) is 0 Å². The van der Waals surface area contributed by atoms with Crippen LogP contribution in [0.15, 0.2) is 5.10 Å². The summed E-state index contributed by atoms with van der Waals surface area (Å²) in [6, 6.07) is 0. The van der Waals surface area contributed by atoms with E-state index < -0.39 is 0 Å². The van der Waals surface area contributed by atoms with Gasteiger partial charge >= 0.3 is 0 Å². The number of thiol groups is 1. The Hall–Kier alpha value is -0.510. The number of hydrogen-bond donors (Lipinski definition) is 2. The zero-order valence-corrected chi connectivity index (χ0v) is 7.60. The van der Waals surface area contributed by atoms with Crippen molar-refractivity contribution < 1.29 is 4.79 Å². The van der Waals surface area contributed by atoms with E-state index in [0.717, 1.165) is 12.8 Å². The van der Waals surface area contributed by atoms with Gasteiger partial charge in [-0.25, -0.2) is 5.43 Å². The molecule has 64 valence electrons. The van der Waals surface area contributed by atoms with Gasteiger partial charge in [0.15, 0.2) is 0 Å². The molecule has 0 saturated heterocycles. The molecule has 0 saturated carbocycles. The number of carbonyl (C=O) groups is 1. The molecule has 0 bridgehead atoms. The summed E-state index contributed by atoms with van der Waals surface area (Å²) in [6.45, 7) is 2.06. The monoisotopic (exact) mass is 174 g/mol. The van der Waals surface area contributed by atoms with Crippen molar-refractivity contribution in [3.63, 3.8) is 0 Å². The number of rotatable bonds is 5. The fraction of sp³-hybridized carbons (Fsp3) is 0.714. The van der Waals surface area contributed by atoms with Gasteiger partial charge in [-0.05, 0) is 12.2 Å². The Bertz CT molecular complexity index is 136. The molecule has 0 heterocycles. The van der Waals surface area contributed by atoms with E-state index in [1.165, 1.54) is 0 Å². The molecule has 0 fully saturated rings. The van der Waals surface area contributed by atoms with E-state index in [1.807, 2.05) is 0 Å². The maximum Gasteiger partial charge on any atom is 0.240 e. The zero-order valence-electron chi connectivity index (χ0n) is 6.71. The number of nitrogens with zero attached hydrogens (tertiary/aromatic N) is 1.